The van der Waals surface area contributed by atoms with E-state index in [1.54, 1.807) is 69.2 Å². The van der Waals surface area contributed by atoms with E-state index in [0.717, 1.165) is 0 Å². The molecule has 250 valence electrons. The zero-order valence-electron chi connectivity index (χ0n) is 28.1. The Morgan fingerprint density at radius 2 is 0.977 bits per heavy atom. The largest absolute Gasteiger partial charge is 0.481 e. The molecule has 12 heteroatoms. The highest BCUT2D eigenvalue weighted by Crippen LogP contribution is 2.58. The highest BCUT2D eigenvalue weighted by molar-refractivity contribution is 6.33. The number of hydrogen-bond donors (Lipinski definition) is 2. The third-order valence-corrected chi connectivity index (χ3v) is 9.55. The number of carbonyl (C=O) groups excluding carboxylic acids is 4. The molecule has 44 heavy (non-hydrogen) atoms. The lowest BCUT2D eigenvalue weighted by molar-refractivity contribution is -0.189. The molecule has 0 radical (unpaired) electrons. The van der Waals surface area contributed by atoms with E-state index in [0.29, 0.717) is 0 Å². The van der Waals surface area contributed by atoms with E-state index in [2.05, 4.69) is 0 Å². The SMILES string of the molecule is CCOC(=O)C(=O)N1C(C)(C)CC(C(CCCC(=O)O)(C(=O)O)C2CC(C)(C)N(C(=O)C(=O)OCC)C(C)(C)C2)CC1(C)C. The van der Waals surface area contributed by atoms with Crippen molar-refractivity contribution in [3.8, 4) is 0 Å². The highest BCUT2D eigenvalue weighted by Gasteiger charge is 2.63. The summed E-state index contributed by atoms with van der Waals surface area (Å²) in [5.74, 6) is -6.66. The van der Waals surface area contributed by atoms with E-state index in [4.69, 9.17) is 9.47 Å². The van der Waals surface area contributed by atoms with Crippen LogP contribution in [0.5, 0.6) is 0 Å². The molecule has 2 aliphatic heterocycles. The van der Waals surface area contributed by atoms with Crippen LogP contribution in [0.25, 0.3) is 0 Å². The number of carbonyl (C=O) groups is 6. The zero-order chi connectivity index (χ0) is 34.1. The number of esters is 2. The van der Waals surface area contributed by atoms with Crippen LogP contribution in [-0.2, 0) is 38.2 Å². The number of piperidine rings is 2. The lowest BCUT2D eigenvalue weighted by atomic mass is 9.52. The average Bonchev–Trinajstić information content (AvgIpc) is 2.83. The molecule has 0 aromatic carbocycles. The van der Waals surface area contributed by atoms with Crippen LogP contribution < -0.4 is 0 Å². The van der Waals surface area contributed by atoms with Gasteiger partial charge in [-0.1, -0.05) is 0 Å². The molecule has 12 nitrogen and oxygen atoms in total. The highest BCUT2D eigenvalue weighted by atomic mass is 16.5. The van der Waals surface area contributed by atoms with Crippen LogP contribution in [0.4, 0.5) is 0 Å². The fourth-order valence-electron chi connectivity index (χ4n) is 8.69. The molecular weight excluding hydrogens is 572 g/mol. The van der Waals surface area contributed by atoms with Gasteiger partial charge >= 0.3 is 35.7 Å². The summed E-state index contributed by atoms with van der Waals surface area (Å²) in [6.07, 6.45) is 0.934. The fraction of sp³-hybridized carbons (Fsp3) is 0.812. The Labute approximate surface area is 260 Å². The molecule has 0 spiro atoms. The molecule has 2 amide bonds. The summed E-state index contributed by atoms with van der Waals surface area (Å²) in [5, 5.41) is 20.6. The van der Waals surface area contributed by atoms with Crippen LogP contribution >= 0.6 is 0 Å². The quantitative estimate of drug-likeness (QED) is 0.282. The smallest absolute Gasteiger partial charge is 0.397 e. The summed E-state index contributed by atoms with van der Waals surface area (Å²) in [6.45, 7) is 17.7. The van der Waals surface area contributed by atoms with Crippen molar-refractivity contribution >= 4 is 35.7 Å². The number of hydrogen-bond acceptors (Lipinski definition) is 8. The Balaban J connectivity index is 2.69. The molecular formula is C32H52N2O10. The number of likely N-dealkylation sites (tertiary alicyclic amines) is 2. The van der Waals surface area contributed by atoms with Crippen LogP contribution in [0.15, 0.2) is 0 Å². The maximum Gasteiger partial charge on any atom is 0.397 e. The van der Waals surface area contributed by atoms with E-state index >= 15 is 0 Å². The van der Waals surface area contributed by atoms with Crippen molar-refractivity contribution in [2.75, 3.05) is 13.2 Å². The first-order valence-corrected chi connectivity index (χ1v) is 15.5. The summed E-state index contributed by atoms with van der Waals surface area (Å²) in [5.41, 5.74) is -5.23. The molecule has 2 N–H and O–H groups in total. The second-order valence-corrected chi connectivity index (χ2v) is 14.8. The minimum Gasteiger partial charge on any atom is -0.481 e. The van der Waals surface area contributed by atoms with Gasteiger partial charge in [-0.05, 0) is 120 Å². The number of carboxylic acid groups (broad SMARTS) is 2. The third-order valence-electron chi connectivity index (χ3n) is 9.55. The van der Waals surface area contributed by atoms with Gasteiger partial charge in [-0.2, -0.15) is 0 Å². The normalized spacial score (nSPS) is 21.3. The Bertz CT molecular complexity index is 1050. The lowest BCUT2D eigenvalue weighted by Gasteiger charge is -2.62. The van der Waals surface area contributed by atoms with Gasteiger partial charge in [-0.15, -0.1) is 0 Å². The van der Waals surface area contributed by atoms with Crippen LogP contribution in [0.2, 0.25) is 0 Å². The maximum absolute atomic E-state index is 13.7. The van der Waals surface area contributed by atoms with Gasteiger partial charge in [0, 0.05) is 28.6 Å². The molecule has 0 unspecified atom stereocenters. The van der Waals surface area contributed by atoms with Gasteiger partial charge in [0.1, 0.15) is 0 Å². The number of rotatable bonds is 9. The van der Waals surface area contributed by atoms with E-state index in [1.165, 1.54) is 9.80 Å². The second-order valence-electron chi connectivity index (χ2n) is 14.8. The van der Waals surface area contributed by atoms with Gasteiger partial charge in [0.25, 0.3) is 0 Å². The lowest BCUT2D eigenvalue weighted by Crippen LogP contribution is -2.69. The molecule has 2 saturated heterocycles. The number of nitrogens with zero attached hydrogens (tertiary/aromatic N) is 2. The minimum absolute atomic E-state index is 0.0382. The summed E-state index contributed by atoms with van der Waals surface area (Å²) in [7, 11) is 0. The van der Waals surface area contributed by atoms with Gasteiger partial charge in [0.15, 0.2) is 0 Å². The van der Waals surface area contributed by atoms with Crippen LogP contribution in [0, 0.1) is 17.3 Å². The van der Waals surface area contributed by atoms with E-state index in [9.17, 15) is 39.0 Å². The minimum atomic E-state index is -1.43. The van der Waals surface area contributed by atoms with Crippen molar-refractivity contribution in [3.63, 3.8) is 0 Å². The van der Waals surface area contributed by atoms with E-state index < -0.39 is 75.1 Å². The van der Waals surface area contributed by atoms with Gasteiger partial charge in [-0.25, -0.2) is 9.59 Å². The standard InChI is InChI=1S/C32H52N2O10/c1-11-43-25(39)23(37)33-28(3,4)16-20(17-29(33,5)6)32(27(41)42,15-13-14-22(35)36)21-18-30(7,8)34(31(9,10)19-21)24(38)26(40)44-12-2/h20-21H,11-19H2,1-10H3,(H,35,36)(H,41,42). The van der Waals surface area contributed by atoms with Crippen LogP contribution in [0.3, 0.4) is 0 Å². The van der Waals surface area contributed by atoms with E-state index in [1.807, 2.05) is 0 Å². The Morgan fingerprint density at radius 1 is 0.659 bits per heavy atom. The average molecular weight is 625 g/mol. The van der Waals surface area contributed by atoms with Crippen molar-refractivity contribution < 1.29 is 48.5 Å². The maximum atomic E-state index is 13.7. The van der Waals surface area contributed by atoms with Gasteiger partial charge in [0.2, 0.25) is 0 Å². The third kappa shape index (κ3) is 7.20. The van der Waals surface area contributed by atoms with Crippen molar-refractivity contribution in [2.45, 2.75) is 136 Å². The van der Waals surface area contributed by atoms with Gasteiger partial charge in [-0.3, -0.25) is 19.2 Å². The molecule has 0 aromatic heterocycles. The van der Waals surface area contributed by atoms with Crippen LogP contribution in [-0.4, -0.2) is 91.1 Å². The second kappa shape index (κ2) is 13.0. The van der Waals surface area contributed by atoms with Gasteiger partial charge in [0.05, 0.1) is 18.6 Å². The molecule has 0 bridgehead atoms. The van der Waals surface area contributed by atoms with Crippen LogP contribution in [0.1, 0.15) is 114 Å². The molecule has 0 saturated carbocycles. The Hall–Kier alpha value is -3.18. The monoisotopic (exact) mass is 624 g/mol. The van der Waals surface area contributed by atoms with Crippen molar-refractivity contribution in [1.82, 2.24) is 9.80 Å². The Kier molecular flexibility index (Phi) is 11.0. The first kappa shape index (κ1) is 37.0. The number of amides is 2. The van der Waals surface area contributed by atoms with Gasteiger partial charge < -0.3 is 29.5 Å². The molecule has 2 aliphatic rings. The summed E-state index contributed by atoms with van der Waals surface area (Å²) < 4.78 is 10.0. The molecule has 2 fully saturated rings. The Morgan fingerprint density at radius 3 is 1.23 bits per heavy atom. The fourth-order valence-corrected chi connectivity index (χ4v) is 8.69. The number of ether oxygens (including phenoxy) is 2. The summed E-state index contributed by atoms with van der Waals surface area (Å²) in [4.78, 5) is 80.0. The molecule has 0 aromatic rings. The predicted molar refractivity (Wildman–Crippen MR) is 160 cm³/mol. The predicted octanol–water partition coefficient (Wildman–Crippen LogP) is 4.03. The summed E-state index contributed by atoms with van der Waals surface area (Å²) in [6, 6.07) is 0. The topological polar surface area (TPSA) is 168 Å². The molecule has 2 rings (SSSR count). The molecule has 0 aliphatic carbocycles. The number of aliphatic carboxylic acids is 2. The number of carboxylic acids is 2. The summed E-state index contributed by atoms with van der Waals surface area (Å²) >= 11 is 0. The van der Waals surface area contributed by atoms with Crippen molar-refractivity contribution in [3.05, 3.63) is 0 Å². The van der Waals surface area contributed by atoms with E-state index in [-0.39, 0.29) is 58.2 Å². The first-order chi connectivity index (χ1) is 20.0. The van der Waals surface area contributed by atoms with Crippen molar-refractivity contribution in [1.29, 1.82) is 0 Å². The molecule has 0 atom stereocenters. The van der Waals surface area contributed by atoms with Crippen molar-refractivity contribution in [2.24, 2.45) is 17.3 Å². The zero-order valence-corrected chi connectivity index (χ0v) is 28.1. The molecule has 2 heterocycles. The first-order valence-electron chi connectivity index (χ1n) is 15.5.